The van der Waals surface area contributed by atoms with Gasteiger partial charge < -0.3 is 10.3 Å². The molecule has 0 unspecified atom stereocenters. The number of aryl methyl sites for hydroxylation is 1. The molecule has 3 aromatic rings. The molecule has 6 heteroatoms. The van der Waals surface area contributed by atoms with Crippen LogP contribution in [0.4, 0.5) is 10.3 Å². The molecular formula is C14H13BrFN3S. The molecule has 2 aromatic heterocycles. The minimum Gasteiger partial charge on any atom is -0.369 e. The number of anilines is 1. The highest BCUT2D eigenvalue weighted by Gasteiger charge is 2.12. The number of hydrogen-bond acceptors (Lipinski definition) is 3. The predicted octanol–water partition coefficient (Wildman–Crippen LogP) is 4.19. The van der Waals surface area contributed by atoms with Crippen molar-refractivity contribution in [3.63, 3.8) is 0 Å². The van der Waals surface area contributed by atoms with Crippen molar-refractivity contribution in [3.8, 4) is 0 Å². The van der Waals surface area contributed by atoms with E-state index < -0.39 is 0 Å². The third kappa shape index (κ3) is 2.33. The van der Waals surface area contributed by atoms with Gasteiger partial charge in [-0.15, -0.1) is 11.3 Å². The highest BCUT2D eigenvalue weighted by Crippen LogP contribution is 2.27. The molecule has 0 aliphatic carbocycles. The predicted molar refractivity (Wildman–Crippen MR) is 84.6 cm³/mol. The monoisotopic (exact) mass is 353 g/mol. The molecule has 0 spiro atoms. The number of aromatic nitrogens is 2. The van der Waals surface area contributed by atoms with Crippen molar-refractivity contribution in [2.24, 2.45) is 0 Å². The maximum absolute atomic E-state index is 13.7. The van der Waals surface area contributed by atoms with Crippen LogP contribution in [-0.4, -0.2) is 9.55 Å². The fraction of sp³-hybridized carbons (Fsp3) is 0.214. The average molecular weight is 354 g/mol. The summed E-state index contributed by atoms with van der Waals surface area (Å²) in [6, 6.07) is 7.33. The molecule has 20 heavy (non-hydrogen) atoms. The first-order chi connectivity index (χ1) is 9.58. The van der Waals surface area contributed by atoms with Crippen molar-refractivity contribution in [1.82, 2.24) is 9.55 Å². The van der Waals surface area contributed by atoms with Crippen LogP contribution in [0.5, 0.6) is 0 Å². The second-order valence-electron chi connectivity index (χ2n) is 4.53. The number of halogens is 2. The summed E-state index contributed by atoms with van der Waals surface area (Å²) in [5.74, 6) is 0.100. The van der Waals surface area contributed by atoms with Gasteiger partial charge in [-0.1, -0.05) is 6.92 Å². The van der Waals surface area contributed by atoms with Gasteiger partial charge in [0.2, 0.25) is 5.95 Å². The zero-order chi connectivity index (χ0) is 14.3. The van der Waals surface area contributed by atoms with E-state index >= 15 is 0 Å². The molecule has 2 heterocycles. The van der Waals surface area contributed by atoms with Crippen LogP contribution in [0.2, 0.25) is 0 Å². The summed E-state index contributed by atoms with van der Waals surface area (Å²) in [6.45, 7) is 2.75. The summed E-state index contributed by atoms with van der Waals surface area (Å²) in [6.07, 6.45) is 1.02. The molecule has 3 nitrogen and oxygen atoms in total. The molecule has 3 rings (SSSR count). The van der Waals surface area contributed by atoms with Gasteiger partial charge in [-0.3, -0.25) is 0 Å². The summed E-state index contributed by atoms with van der Waals surface area (Å²) in [7, 11) is 0. The van der Waals surface area contributed by atoms with Gasteiger partial charge in [0.05, 0.1) is 22.1 Å². The van der Waals surface area contributed by atoms with E-state index in [0.29, 0.717) is 22.5 Å². The first-order valence-corrected chi connectivity index (χ1v) is 7.87. The third-order valence-corrected chi connectivity index (χ3v) is 5.02. The fourth-order valence-electron chi connectivity index (χ4n) is 2.16. The van der Waals surface area contributed by atoms with E-state index in [4.69, 9.17) is 5.73 Å². The Morgan fingerprint density at radius 1 is 1.35 bits per heavy atom. The second kappa shape index (κ2) is 5.18. The van der Waals surface area contributed by atoms with Gasteiger partial charge in [-0.2, -0.15) is 0 Å². The summed E-state index contributed by atoms with van der Waals surface area (Å²) >= 11 is 4.92. The van der Waals surface area contributed by atoms with Crippen molar-refractivity contribution in [2.75, 3.05) is 5.73 Å². The minimum atomic E-state index is -0.306. The van der Waals surface area contributed by atoms with Crippen LogP contribution in [0.15, 0.2) is 28.7 Å². The maximum atomic E-state index is 13.7. The molecule has 0 aliphatic heterocycles. The summed E-state index contributed by atoms with van der Waals surface area (Å²) in [5.41, 5.74) is 7.37. The Morgan fingerprint density at radius 3 is 2.80 bits per heavy atom. The van der Waals surface area contributed by atoms with Gasteiger partial charge in [0, 0.05) is 15.8 Å². The third-order valence-electron chi connectivity index (χ3n) is 3.20. The van der Waals surface area contributed by atoms with Crippen LogP contribution in [-0.2, 0) is 13.0 Å². The number of hydrogen-bond donors (Lipinski definition) is 1. The average Bonchev–Trinajstić information content (AvgIpc) is 2.98. The lowest BCUT2D eigenvalue weighted by Gasteiger charge is -2.05. The van der Waals surface area contributed by atoms with E-state index in [-0.39, 0.29) is 5.82 Å². The number of fused-ring (bicyclic) bond motifs is 1. The molecule has 0 radical (unpaired) electrons. The normalized spacial score (nSPS) is 11.3. The Kier molecular flexibility index (Phi) is 3.52. The molecule has 0 amide bonds. The van der Waals surface area contributed by atoms with Crippen LogP contribution >= 0.6 is 27.3 Å². The number of imidazole rings is 1. The van der Waals surface area contributed by atoms with E-state index in [2.05, 4.69) is 40.0 Å². The van der Waals surface area contributed by atoms with E-state index in [1.807, 2.05) is 4.57 Å². The quantitative estimate of drug-likeness (QED) is 0.766. The Balaban J connectivity index is 2.06. The molecule has 0 saturated carbocycles. The minimum absolute atomic E-state index is 0.306. The Bertz CT molecular complexity index is 778. The van der Waals surface area contributed by atoms with Gasteiger partial charge >= 0.3 is 0 Å². The van der Waals surface area contributed by atoms with Crippen molar-refractivity contribution >= 4 is 44.2 Å². The van der Waals surface area contributed by atoms with Gasteiger partial charge in [0.25, 0.3) is 0 Å². The lowest BCUT2D eigenvalue weighted by atomic mass is 10.3. The summed E-state index contributed by atoms with van der Waals surface area (Å²) < 4.78 is 16.0. The highest BCUT2D eigenvalue weighted by molar-refractivity contribution is 9.10. The van der Waals surface area contributed by atoms with E-state index in [1.165, 1.54) is 15.8 Å². The molecule has 0 aliphatic rings. The number of benzene rings is 1. The van der Waals surface area contributed by atoms with E-state index in [1.54, 1.807) is 17.4 Å². The molecule has 0 saturated heterocycles. The topological polar surface area (TPSA) is 43.8 Å². The van der Waals surface area contributed by atoms with Crippen molar-refractivity contribution in [2.45, 2.75) is 19.9 Å². The molecule has 0 atom stereocenters. The molecule has 0 fully saturated rings. The highest BCUT2D eigenvalue weighted by atomic mass is 79.9. The molecular weight excluding hydrogens is 341 g/mol. The smallest absolute Gasteiger partial charge is 0.201 e. The van der Waals surface area contributed by atoms with Gasteiger partial charge in [-0.05, 0) is 40.5 Å². The summed E-state index contributed by atoms with van der Waals surface area (Å²) in [4.78, 5) is 6.81. The first kappa shape index (κ1) is 13.6. The Morgan fingerprint density at radius 2 is 2.10 bits per heavy atom. The SMILES string of the molecule is CCc1ccc(Cn2c(N)nc3cc(Br)c(F)cc32)s1. The number of nitrogens with two attached hydrogens (primary N) is 1. The van der Waals surface area contributed by atoms with E-state index in [9.17, 15) is 4.39 Å². The van der Waals surface area contributed by atoms with Crippen LogP contribution in [0, 0.1) is 5.82 Å². The number of rotatable bonds is 3. The van der Waals surface area contributed by atoms with Crippen LogP contribution in [0.3, 0.4) is 0 Å². The molecule has 0 bridgehead atoms. The van der Waals surface area contributed by atoms with Crippen LogP contribution in [0.1, 0.15) is 16.7 Å². The lowest BCUT2D eigenvalue weighted by molar-refractivity contribution is 0.622. The standard InChI is InChI=1S/C14H13BrFN3S/c1-2-8-3-4-9(20-8)7-19-13-6-11(16)10(15)5-12(13)18-14(19)17/h3-6H,2,7H2,1H3,(H2,17,18). The molecule has 2 N–H and O–H groups in total. The van der Waals surface area contributed by atoms with Gasteiger partial charge in [-0.25, -0.2) is 9.37 Å². The number of nitrogens with zero attached hydrogens (tertiary/aromatic N) is 2. The van der Waals surface area contributed by atoms with Gasteiger partial charge in [0.15, 0.2) is 0 Å². The van der Waals surface area contributed by atoms with Crippen LogP contribution < -0.4 is 5.73 Å². The maximum Gasteiger partial charge on any atom is 0.201 e. The van der Waals surface area contributed by atoms with Crippen LogP contribution in [0.25, 0.3) is 11.0 Å². The second-order valence-corrected chi connectivity index (χ2v) is 6.64. The Labute approximate surface area is 128 Å². The zero-order valence-corrected chi connectivity index (χ0v) is 13.3. The molecule has 104 valence electrons. The van der Waals surface area contributed by atoms with Gasteiger partial charge in [0.1, 0.15) is 5.82 Å². The van der Waals surface area contributed by atoms with Crippen molar-refractivity contribution < 1.29 is 4.39 Å². The van der Waals surface area contributed by atoms with Crippen molar-refractivity contribution in [1.29, 1.82) is 0 Å². The Hall–Kier alpha value is -1.40. The molecule has 1 aromatic carbocycles. The number of nitrogen functional groups attached to an aromatic ring is 1. The van der Waals surface area contributed by atoms with Crippen molar-refractivity contribution in [3.05, 3.63) is 44.3 Å². The summed E-state index contributed by atoms with van der Waals surface area (Å²) in [5, 5.41) is 0. The number of thiophene rings is 1. The lowest BCUT2D eigenvalue weighted by Crippen LogP contribution is -2.03. The first-order valence-electron chi connectivity index (χ1n) is 6.27. The fourth-order valence-corrected chi connectivity index (χ4v) is 3.44. The zero-order valence-electron chi connectivity index (χ0n) is 10.9. The van der Waals surface area contributed by atoms with E-state index in [0.717, 1.165) is 11.9 Å². The largest absolute Gasteiger partial charge is 0.369 e.